The van der Waals surface area contributed by atoms with Crippen molar-refractivity contribution in [3.8, 4) is 12.1 Å². The van der Waals surface area contributed by atoms with Gasteiger partial charge in [0.15, 0.2) is 6.61 Å². The Morgan fingerprint density at radius 3 is 2.36 bits per heavy atom. The molecule has 0 bridgehead atoms. The molecule has 0 aliphatic rings. The fourth-order valence-electron chi connectivity index (χ4n) is 3.08. The molecular weight excluding hydrogens is 448 g/mol. The van der Waals surface area contributed by atoms with Crippen molar-refractivity contribution in [2.75, 3.05) is 33.8 Å². The number of aryl methyl sites for hydroxylation is 2. The van der Waals surface area contributed by atoms with Crippen molar-refractivity contribution in [1.29, 1.82) is 10.5 Å². The minimum Gasteiger partial charge on any atom is -0.456 e. The van der Waals surface area contributed by atoms with Crippen LogP contribution < -0.4 is 0 Å². The number of imidazole rings is 1. The Labute approximate surface area is 192 Å². The number of sulfonamides is 1. The predicted octanol–water partition coefficient (Wildman–Crippen LogP) is 0.955. The standard InChI is InChI=1S/C21H26N6O5S/c1-25(2)33(30,31)16-6-7-18-17(14-16)24-19(26(18)3)8-9-21(29)32-15-20(28)27(12-4-10-22)13-5-11-23/h6-7,14H,4-5,8-9,12-13,15H2,1-3H3. The van der Waals surface area contributed by atoms with Gasteiger partial charge in [-0.2, -0.15) is 10.5 Å². The molecule has 0 N–H and O–H groups in total. The highest BCUT2D eigenvalue weighted by molar-refractivity contribution is 7.89. The first-order valence-corrected chi connectivity index (χ1v) is 11.6. The summed E-state index contributed by atoms with van der Waals surface area (Å²) in [6.07, 6.45) is 0.453. The van der Waals surface area contributed by atoms with Gasteiger partial charge < -0.3 is 14.2 Å². The minimum absolute atomic E-state index is 0.0241. The van der Waals surface area contributed by atoms with Gasteiger partial charge in [-0.3, -0.25) is 9.59 Å². The van der Waals surface area contributed by atoms with Crippen LogP contribution in [0.15, 0.2) is 23.1 Å². The number of carbonyl (C=O) groups is 2. The van der Waals surface area contributed by atoms with Crippen LogP contribution in [-0.2, 0) is 37.8 Å². The Bertz CT molecular complexity index is 1190. The summed E-state index contributed by atoms with van der Waals surface area (Å²) in [5.74, 6) is -0.490. The van der Waals surface area contributed by atoms with Crippen molar-refractivity contribution in [2.24, 2.45) is 7.05 Å². The molecule has 2 aromatic rings. The summed E-state index contributed by atoms with van der Waals surface area (Å²) in [7, 11) is 1.07. The molecule has 0 radical (unpaired) electrons. The molecule has 0 saturated heterocycles. The summed E-state index contributed by atoms with van der Waals surface area (Å²) < 4.78 is 32.6. The number of benzene rings is 1. The third kappa shape index (κ3) is 6.51. The van der Waals surface area contributed by atoms with Crippen molar-refractivity contribution in [3.05, 3.63) is 24.0 Å². The molecule has 0 aliphatic heterocycles. The van der Waals surface area contributed by atoms with Crippen LogP contribution in [0.2, 0.25) is 0 Å². The second-order valence-electron chi connectivity index (χ2n) is 7.38. The average Bonchev–Trinajstić information content (AvgIpc) is 3.10. The van der Waals surface area contributed by atoms with Gasteiger partial charge in [0.2, 0.25) is 10.0 Å². The number of aromatic nitrogens is 2. The average molecular weight is 475 g/mol. The molecule has 2 rings (SSSR count). The van der Waals surface area contributed by atoms with E-state index in [-0.39, 0.29) is 43.7 Å². The molecule has 1 aromatic heterocycles. The van der Waals surface area contributed by atoms with Gasteiger partial charge in [0.25, 0.3) is 5.91 Å². The lowest BCUT2D eigenvalue weighted by atomic mass is 10.3. The molecule has 1 amide bonds. The van der Waals surface area contributed by atoms with Crippen molar-refractivity contribution >= 4 is 32.9 Å². The van der Waals surface area contributed by atoms with Crippen LogP contribution in [-0.4, -0.2) is 72.8 Å². The molecule has 1 aromatic carbocycles. The number of carbonyl (C=O) groups excluding carboxylic acids is 2. The predicted molar refractivity (Wildman–Crippen MR) is 118 cm³/mol. The molecule has 176 valence electrons. The van der Waals surface area contributed by atoms with E-state index < -0.39 is 28.5 Å². The molecule has 0 spiro atoms. The highest BCUT2D eigenvalue weighted by Crippen LogP contribution is 2.22. The van der Waals surface area contributed by atoms with Gasteiger partial charge in [-0.15, -0.1) is 0 Å². The van der Waals surface area contributed by atoms with E-state index >= 15 is 0 Å². The van der Waals surface area contributed by atoms with Gasteiger partial charge in [0.05, 0.1) is 47.3 Å². The Kier molecular flexibility index (Phi) is 8.91. The number of fused-ring (bicyclic) bond motifs is 1. The molecule has 11 nitrogen and oxygen atoms in total. The zero-order chi connectivity index (χ0) is 24.6. The number of nitrogens with zero attached hydrogens (tertiary/aromatic N) is 6. The van der Waals surface area contributed by atoms with Crippen LogP contribution in [0.5, 0.6) is 0 Å². The summed E-state index contributed by atoms with van der Waals surface area (Å²) in [6, 6.07) is 8.53. The summed E-state index contributed by atoms with van der Waals surface area (Å²) in [5.41, 5.74) is 1.21. The van der Waals surface area contributed by atoms with Gasteiger partial charge in [-0.25, -0.2) is 17.7 Å². The van der Waals surface area contributed by atoms with Gasteiger partial charge in [0.1, 0.15) is 5.82 Å². The van der Waals surface area contributed by atoms with Crippen LogP contribution in [0.4, 0.5) is 0 Å². The SMILES string of the molecule is CN(C)S(=O)(=O)c1ccc2c(c1)nc(CCC(=O)OCC(=O)N(CCC#N)CCC#N)n2C. The molecule has 12 heteroatoms. The lowest BCUT2D eigenvalue weighted by molar-refractivity contribution is -0.152. The number of ether oxygens (including phenoxy) is 1. The molecule has 0 aliphatic carbocycles. The summed E-state index contributed by atoms with van der Waals surface area (Å²) in [5, 5.41) is 17.4. The maximum Gasteiger partial charge on any atom is 0.306 e. The highest BCUT2D eigenvalue weighted by Gasteiger charge is 2.20. The van der Waals surface area contributed by atoms with Crippen LogP contribution in [0.1, 0.15) is 25.1 Å². The number of nitriles is 2. The topological polar surface area (TPSA) is 149 Å². The first-order chi connectivity index (χ1) is 15.6. The number of amides is 1. The second kappa shape index (κ2) is 11.4. The molecule has 0 fully saturated rings. The quantitative estimate of drug-likeness (QED) is 0.437. The number of rotatable bonds is 11. The van der Waals surface area contributed by atoms with E-state index in [1.54, 1.807) is 17.7 Å². The Morgan fingerprint density at radius 1 is 1.15 bits per heavy atom. The van der Waals surface area contributed by atoms with Gasteiger partial charge in [-0.05, 0) is 18.2 Å². The lowest BCUT2D eigenvalue weighted by Gasteiger charge is -2.20. The Balaban J connectivity index is 2.00. The molecule has 33 heavy (non-hydrogen) atoms. The number of esters is 1. The van der Waals surface area contributed by atoms with E-state index in [2.05, 4.69) is 4.98 Å². The lowest BCUT2D eigenvalue weighted by Crippen LogP contribution is -2.36. The van der Waals surface area contributed by atoms with Crippen LogP contribution in [0.3, 0.4) is 0 Å². The maximum absolute atomic E-state index is 12.3. The maximum atomic E-state index is 12.3. The highest BCUT2D eigenvalue weighted by atomic mass is 32.2. The fraction of sp³-hybridized carbons (Fsp3) is 0.476. The largest absolute Gasteiger partial charge is 0.456 e. The molecular formula is C21H26N6O5S. The number of hydrogen-bond donors (Lipinski definition) is 0. The molecule has 0 saturated carbocycles. The Morgan fingerprint density at radius 2 is 1.79 bits per heavy atom. The monoisotopic (exact) mass is 474 g/mol. The van der Waals surface area contributed by atoms with Crippen LogP contribution in [0, 0.1) is 22.7 Å². The second-order valence-corrected chi connectivity index (χ2v) is 9.53. The third-order valence-electron chi connectivity index (χ3n) is 4.97. The summed E-state index contributed by atoms with van der Waals surface area (Å²) in [4.78, 5) is 30.3. The minimum atomic E-state index is -3.59. The number of hydrogen-bond acceptors (Lipinski definition) is 8. The van der Waals surface area contributed by atoms with E-state index in [0.29, 0.717) is 11.3 Å². The van der Waals surface area contributed by atoms with E-state index in [9.17, 15) is 18.0 Å². The first-order valence-electron chi connectivity index (χ1n) is 10.2. The third-order valence-corrected chi connectivity index (χ3v) is 6.78. The van der Waals surface area contributed by atoms with Crippen LogP contribution >= 0.6 is 0 Å². The first kappa shape index (κ1) is 25.8. The van der Waals surface area contributed by atoms with E-state index in [1.807, 2.05) is 12.1 Å². The summed E-state index contributed by atoms with van der Waals surface area (Å²) in [6.45, 7) is -0.135. The van der Waals surface area contributed by atoms with Gasteiger partial charge in [-0.1, -0.05) is 0 Å². The molecule has 0 unspecified atom stereocenters. The van der Waals surface area contributed by atoms with Crippen LogP contribution in [0.25, 0.3) is 11.0 Å². The zero-order valence-corrected chi connectivity index (χ0v) is 19.6. The smallest absolute Gasteiger partial charge is 0.306 e. The van der Waals surface area contributed by atoms with E-state index in [1.165, 1.54) is 31.1 Å². The van der Waals surface area contributed by atoms with Crippen molar-refractivity contribution in [1.82, 2.24) is 18.8 Å². The summed E-state index contributed by atoms with van der Waals surface area (Å²) >= 11 is 0. The normalized spacial score (nSPS) is 11.2. The van der Waals surface area contributed by atoms with Crippen molar-refractivity contribution in [3.63, 3.8) is 0 Å². The molecule has 0 atom stereocenters. The zero-order valence-electron chi connectivity index (χ0n) is 18.8. The van der Waals surface area contributed by atoms with E-state index in [0.717, 1.165) is 9.82 Å². The van der Waals surface area contributed by atoms with Gasteiger partial charge >= 0.3 is 5.97 Å². The fourth-order valence-corrected chi connectivity index (χ4v) is 4.00. The van der Waals surface area contributed by atoms with Gasteiger partial charge in [0, 0.05) is 40.7 Å². The van der Waals surface area contributed by atoms with Crippen molar-refractivity contribution < 1.29 is 22.7 Å². The van der Waals surface area contributed by atoms with Crippen molar-refractivity contribution in [2.45, 2.75) is 30.6 Å². The van der Waals surface area contributed by atoms with E-state index in [4.69, 9.17) is 15.3 Å². The molecule has 1 heterocycles. The Hall–Kier alpha value is -3.48.